The molecular formula is C10H23O3P. The van der Waals surface area contributed by atoms with E-state index in [9.17, 15) is 0 Å². The summed E-state index contributed by atoms with van der Waals surface area (Å²) in [5, 5.41) is 0. The lowest BCUT2D eigenvalue weighted by Crippen LogP contribution is -2.33. The van der Waals surface area contributed by atoms with Gasteiger partial charge in [0, 0.05) is 0 Å². The largest absolute Gasteiger partial charge is 0.328 e. The van der Waals surface area contributed by atoms with Crippen LogP contribution in [0.25, 0.3) is 0 Å². The van der Waals surface area contributed by atoms with E-state index in [1.807, 2.05) is 13.8 Å². The Morgan fingerprint density at radius 3 is 1.86 bits per heavy atom. The first-order valence-corrected chi connectivity index (χ1v) is 6.47. The van der Waals surface area contributed by atoms with E-state index in [-0.39, 0.29) is 0 Å². The van der Waals surface area contributed by atoms with Crippen molar-refractivity contribution in [2.75, 3.05) is 0 Å². The third-order valence-electron chi connectivity index (χ3n) is 2.57. The fourth-order valence-electron chi connectivity index (χ4n) is 1.82. The zero-order valence-corrected chi connectivity index (χ0v) is 10.6. The minimum absolute atomic E-state index is 0.404. The van der Waals surface area contributed by atoms with E-state index in [0.717, 1.165) is 25.7 Å². The van der Waals surface area contributed by atoms with Crippen LogP contribution in [-0.4, -0.2) is 15.4 Å². The van der Waals surface area contributed by atoms with Crippen molar-refractivity contribution < 1.29 is 14.3 Å². The molecule has 0 radical (unpaired) electrons. The predicted molar refractivity (Wildman–Crippen MR) is 59.8 cm³/mol. The van der Waals surface area contributed by atoms with E-state index in [2.05, 4.69) is 13.8 Å². The van der Waals surface area contributed by atoms with E-state index >= 15 is 0 Å². The van der Waals surface area contributed by atoms with E-state index < -0.39 is 14.2 Å². The summed E-state index contributed by atoms with van der Waals surface area (Å²) in [6, 6.07) is 0. The van der Waals surface area contributed by atoms with Gasteiger partial charge < -0.3 is 14.3 Å². The topological polar surface area (TPSA) is 49.7 Å². The molecule has 0 aliphatic carbocycles. The lowest BCUT2D eigenvalue weighted by atomic mass is 9.84. The molecule has 0 spiro atoms. The van der Waals surface area contributed by atoms with Gasteiger partial charge in [0.05, 0.1) is 5.60 Å². The van der Waals surface area contributed by atoms with Gasteiger partial charge in [-0.3, -0.25) is 0 Å². The molecule has 14 heavy (non-hydrogen) atoms. The van der Waals surface area contributed by atoms with Crippen LogP contribution in [0.1, 0.15) is 53.4 Å². The summed E-state index contributed by atoms with van der Waals surface area (Å²) in [7, 11) is -2.24. The molecule has 0 unspecified atom stereocenters. The van der Waals surface area contributed by atoms with E-state index in [1.165, 1.54) is 0 Å². The first-order valence-electron chi connectivity index (χ1n) is 5.31. The van der Waals surface area contributed by atoms with Gasteiger partial charge in [0.2, 0.25) is 0 Å². The summed E-state index contributed by atoms with van der Waals surface area (Å²) in [4.78, 5) is 17.7. The van der Waals surface area contributed by atoms with E-state index in [4.69, 9.17) is 14.3 Å². The maximum atomic E-state index is 8.87. The second-order valence-electron chi connectivity index (χ2n) is 4.22. The summed E-state index contributed by atoms with van der Waals surface area (Å²) in [6.07, 6.45) is 4.35. The molecule has 0 amide bonds. The number of hydrogen-bond donors (Lipinski definition) is 2. The van der Waals surface area contributed by atoms with Gasteiger partial charge in [0.1, 0.15) is 0 Å². The molecule has 4 heteroatoms. The van der Waals surface area contributed by atoms with Gasteiger partial charge in [0.25, 0.3) is 0 Å². The standard InChI is InChI=1S/C10H23O3P/c1-5-7-9(8-6-2)10(3,4)13-14(11)12/h9,11-12H,5-8H2,1-4H3. The summed E-state index contributed by atoms with van der Waals surface area (Å²) in [6.45, 7) is 8.15. The van der Waals surface area contributed by atoms with Crippen molar-refractivity contribution in [2.24, 2.45) is 5.92 Å². The van der Waals surface area contributed by atoms with E-state index in [1.54, 1.807) is 0 Å². The smallest absolute Gasteiger partial charge is 0.327 e. The second kappa shape index (κ2) is 6.73. The number of rotatable bonds is 7. The SMILES string of the molecule is CCCC(CCC)C(C)(C)OP(O)O. The highest BCUT2D eigenvalue weighted by Crippen LogP contribution is 2.39. The quantitative estimate of drug-likeness (QED) is 0.650. The molecule has 0 bridgehead atoms. The highest BCUT2D eigenvalue weighted by molar-refractivity contribution is 7.39. The lowest BCUT2D eigenvalue weighted by molar-refractivity contribution is 0.0231. The maximum Gasteiger partial charge on any atom is 0.327 e. The van der Waals surface area contributed by atoms with Crippen LogP contribution < -0.4 is 0 Å². The van der Waals surface area contributed by atoms with Gasteiger partial charge in [-0.25, -0.2) is 0 Å². The van der Waals surface area contributed by atoms with Gasteiger partial charge in [-0.15, -0.1) is 0 Å². The van der Waals surface area contributed by atoms with Crippen LogP contribution in [0.4, 0.5) is 0 Å². The molecule has 0 aliphatic heterocycles. The Morgan fingerprint density at radius 2 is 1.57 bits per heavy atom. The molecule has 3 nitrogen and oxygen atoms in total. The van der Waals surface area contributed by atoms with Crippen molar-refractivity contribution in [2.45, 2.75) is 59.0 Å². The summed E-state index contributed by atoms with van der Waals surface area (Å²) in [5.74, 6) is 0.404. The Balaban J connectivity index is 4.28. The van der Waals surface area contributed by atoms with Crippen molar-refractivity contribution >= 4 is 8.60 Å². The third kappa shape index (κ3) is 5.26. The molecule has 0 aromatic heterocycles. The molecule has 0 saturated heterocycles. The summed E-state index contributed by atoms with van der Waals surface area (Å²) < 4.78 is 5.18. The Hall–Kier alpha value is 0.310. The highest BCUT2D eigenvalue weighted by atomic mass is 31.2. The van der Waals surface area contributed by atoms with Crippen LogP contribution >= 0.6 is 8.60 Å². The van der Waals surface area contributed by atoms with Crippen LogP contribution in [0, 0.1) is 5.92 Å². The average molecular weight is 222 g/mol. The zero-order chi connectivity index (χ0) is 11.2. The first-order chi connectivity index (χ1) is 6.44. The third-order valence-corrected chi connectivity index (χ3v) is 3.21. The number of hydrogen-bond acceptors (Lipinski definition) is 3. The zero-order valence-electron chi connectivity index (χ0n) is 9.66. The van der Waals surface area contributed by atoms with Crippen LogP contribution in [0.15, 0.2) is 0 Å². The molecule has 0 atom stereocenters. The van der Waals surface area contributed by atoms with E-state index in [0.29, 0.717) is 5.92 Å². The van der Waals surface area contributed by atoms with Crippen molar-refractivity contribution in [1.29, 1.82) is 0 Å². The fourth-order valence-corrected chi connectivity index (χ4v) is 2.39. The van der Waals surface area contributed by atoms with Gasteiger partial charge >= 0.3 is 8.60 Å². The molecule has 0 heterocycles. The fraction of sp³-hybridized carbons (Fsp3) is 1.00. The highest BCUT2D eigenvalue weighted by Gasteiger charge is 2.31. The van der Waals surface area contributed by atoms with Crippen LogP contribution in [0.5, 0.6) is 0 Å². The van der Waals surface area contributed by atoms with Crippen LogP contribution in [0.2, 0.25) is 0 Å². The minimum atomic E-state index is -2.24. The lowest BCUT2D eigenvalue weighted by Gasteiger charge is -2.34. The Morgan fingerprint density at radius 1 is 1.14 bits per heavy atom. The predicted octanol–water partition coefficient (Wildman–Crippen LogP) is 3.21. The second-order valence-corrected chi connectivity index (χ2v) is 4.91. The van der Waals surface area contributed by atoms with Crippen molar-refractivity contribution in [1.82, 2.24) is 0 Å². The molecule has 0 aliphatic rings. The minimum Gasteiger partial charge on any atom is -0.328 e. The Kier molecular flexibility index (Phi) is 6.88. The molecule has 0 aromatic rings. The molecule has 86 valence electrons. The van der Waals surface area contributed by atoms with Crippen molar-refractivity contribution in [3.05, 3.63) is 0 Å². The van der Waals surface area contributed by atoms with Gasteiger partial charge in [-0.2, -0.15) is 0 Å². The van der Waals surface area contributed by atoms with Gasteiger partial charge in [0.15, 0.2) is 0 Å². The molecule has 2 N–H and O–H groups in total. The first kappa shape index (κ1) is 14.3. The Labute approximate surface area is 88.5 Å². The molecular weight excluding hydrogens is 199 g/mol. The molecule has 0 fully saturated rings. The van der Waals surface area contributed by atoms with Crippen molar-refractivity contribution in [3.63, 3.8) is 0 Å². The maximum absolute atomic E-state index is 8.87. The monoisotopic (exact) mass is 222 g/mol. The van der Waals surface area contributed by atoms with Gasteiger partial charge in [-0.05, 0) is 32.6 Å². The van der Waals surface area contributed by atoms with Crippen LogP contribution in [0.3, 0.4) is 0 Å². The Bertz CT molecular complexity index is 142. The summed E-state index contributed by atoms with van der Waals surface area (Å²) in [5.41, 5.74) is -0.429. The molecule has 0 aromatic carbocycles. The van der Waals surface area contributed by atoms with Crippen LogP contribution in [-0.2, 0) is 4.52 Å². The molecule has 0 rings (SSSR count). The molecule has 0 saturated carbocycles. The summed E-state index contributed by atoms with van der Waals surface area (Å²) >= 11 is 0. The van der Waals surface area contributed by atoms with Gasteiger partial charge in [-0.1, -0.05) is 26.7 Å². The van der Waals surface area contributed by atoms with Crippen molar-refractivity contribution in [3.8, 4) is 0 Å². The average Bonchev–Trinajstić information content (AvgIpc) is 2.01. The normalized spacial score (nSPS) is 12.9.